The first-order valence-corrected chi connectivity index (χ1v) is 11.4. The smallest absolute Gasteiger partial charge is 0.324 e. The van der Waals surface area contributed by atoms with Gasteiger partial charge in [0.2, 0.25) is 5.91 Å². The number of amides is 1. The van der Waals surface area contributed by atoms with Gasteiger partial charge < -0.3 is 5.32 Å². The predicted octanol–water partition coefficient (Wildman–Crippen LogP) is 5.68. The second-order valence-corrected chi connectivity index (χ2v) is 8.78. The van der Waals surface area contributed by atoms with Crippen molar-refractivity contribution < 1.29 is 18.0 Å². The van der Waals surface area contributed by atoms with Crippen LogP contribution in [-0.2, 0) is 11.0 Å². The van der Waals surface area contributed by atoms with Gasteiger partial charge in [0.05, 0.1) is 28.1 Å². The lowest BCUT2D eigenvalue weighted by atomic mass is 10.2. The summed E-state index contributed by atoms with van der Waals surface area (Å²) in [5, 5.41) is 11.6. The Bertz CT molecular complexity index is 1110. The summed E-state index contributed by atoms with van der Waals surface area (Å²) in [6.07, 6.45) is -3.74. The zero-order chi connectivity index (χ0) is 24.2. The summed E-state index contributed by atoms with van der Waals surface area (Å²) in [6.45, 7) is 2.05. The third-order valence-corrected chi connectivity index (χ3v) is 6.14. The van der Waals surface area contributed by atoms with E-state index in [0.29, 0.717) is 5.16 Å². The number of anilines is 1. The molecule has 0 spiro atoms. The Labute approximate surface area is 199 Å². The van der Waals surface area contributed by atoms with E-state index < -0.39 is 17.6 Å². The van der Waals surface area contributed by atoms with Crippen LogP contribution >= 0.6 is 23.4 Å². The SMILES string of the molecule is CCC(c1nnc(SCC(=O)Nc2cc(C(F)(F)F)ccc2Cl)n1-c1ccccc1)N(C)C. The number of nitrogens with one attached hydrogen (secondary N) is 1. The van der Waals surface area contributed by atoms with Gasteiger partial charge in [0.1, 0.15) is 0 Å². The first-order valence-electron chi connectivity index (χ1n) is 10.1. The molecule has 0 saturated carbocycles. The maximum atomic E-state index is 13.0. The van der Waals surface area contributed by atoms with Crippen molar-refractivity contribution in [2.75, 3.05) is 25.2 Å². The first kappa shape index (κ1) is 25.1. The molecule has 2 aromatic carbocycles. The van der Waals surface area contributed by atoms with Crippen LogP contribution in [0.5, 0.6) is 0 Å². The number of carbonyl (C=O) groups excluding carboxylic acids is 1. The zero-order valence-corrected chi connectivity index (χ0v) is 19.8. The number of para-hydroxylation sites is 1. The Balaban J connectivity index is 1.82. The molecule has 1 unspecified atom stereocenters. The van der Waals surface area contributed by atoms with Crippen LogP contribution in [0.1, 0.15) is 30.8 Å². The van der Waals surface area contributed by atoms with Crippen molar-refractivity contribution in [3.63, 3.8) is 0 Å². The van der Waals surface area contributed by atoms with Crippen molar-refractivity contribution in [1.29, 1.82) is 0 Å². The van der Waals surface area contributed by atoms with Gasteiger partial charge in [0.15, 0.2) is 11.0 Å². The fraction of sp³-hybridized carbons (Fsp3) is 0.318. The van der Waals surface area contributed by atoms with Crippen molar-refractivity contribution in [3.05, 3.63) is 64.9 Å². The average Bonchev–Trinajstić information content (AvgIpc) is 3.17. The van der Waals surface area contributed by atoms with E-state index in [1.54, 1.807) is 0 Å². The summed E-state index contributed by atoms with van der Waals surface area (Å²) in [6, 6.07) is 12.3. The molecule has 0 bridgehead atoms. The summed E-state index contributed by atoms with van der Waals surface area (Å²) >= 11 is 7.12. The molecular weight excluding hydrogens is 475 g/mol. The number of carbonyl (C=O) groups is 1. The van der Waals surface area contributed by atoms with Crippen LogP contribution in [0, 0.1) is 0 Å². The Morgan fingerprint density at radius 3 is 2.48 bits per heavy atom. The van der Waals surface area contributed by atoms with Crippen LogP contribution < -0.4 is 5.32 Å². The lowest BCUT2D eigenvalue weighted by Gasteiger charge is -2.23. The Kier molecular flexibility index (Phi) is 8.04. The van der Waals surface area contributed by atoms with Crippen molar-refractivity contribution in [3.8, 4) is 5.69 Å². The molecule has 1 atom stereocenters. The number of aromatic nitrogens is 3. The molecule has 0 fully saturated rings. The molecule has 0 aliphatic heterocycles. The van der Waals surface area contributed by atoms with E-state index in [2.05, 4.69) is 15.5 Å². The van der Waals surface area contributed by atoms with Gasteiger partial charge in [-0.25, -0.2) is 0 Å². The molecule has 1 amide bonds. The molecule has 11 heteroatoms. The normalized spacial score (nSPS) is 12.7. The van der Waals surface area contributed by atoms with E-state index in [0.717, 1.165) is 47.9 Å². The van der Waals surface area contributed by atoms with Gasteiger partial charge in [-0.3, -0.25) is 14.3 Å². The first-order chi connectivity index (χ1) is 15.6. The molecule has 0 saturated heterocycles. The molecule has 33 heavy (non-hydrogen) atoms. The van der Waals surface area contributed by atoms with Crippen LogP contribution in [0.25, 0.3) is 5.69 Å². The summed E-state index contributed by atoms with van der Waals surface area (Å²) in [5.41, 5.74) is -0.139. The third-order valence-electron chi connectivity index (χ3n) is 4.88. The average molecular weight is 498 g/mol. The Morgan fingerprint density at radius 2 is 1.88 bits per heavy atom. The molecule has 6 nitrogen and oxygen atoms in total. The van der Waals surface area contributed by atoms with E-state index in [1.807, 2.05) is 60.8 Å². The van der Waals surface area contributed by atoms with Crippen molar-refractivity contribution in [1.82, 2.24) is 19.7 Å². The number of benzene rings is 2. The predicted molar refractivity (Wildman–Crippen MR) is 124 cm³/mol. The standard InChI is InChI=1S/C22H23ClF3N5OS/c1-4-18(30(2)3)20-28-29-21(31(20)15-8-6-5-7-9-15)33-13-19(32)27-17-12-14(22(24,25)26)10-11-16(17)23/h5-12,18H,4,13H2,1-3H3,(H,27,32). The minimum atomic E-state index is -4.54. The van der Waals surface area contributed by atoms with E-state index in [-0.39, 0.29) is 22.5 Å². The van der Waals surface area contributed by atoms with Crippen molar-refractivity contribution >= 4 is 35.0 Å². The second-order valence-electron chi connectivity index (χ2n) is 7.43. The van der Waals surface area contributed by atoms with Crippen molar-refractivity contribution in [2.24, 2.45) is 0 Å². The molecule has 1 heterocycles. The van der Waals surface area contributed by atoms with E-state index in [9.17, 15) is 18.0 Å². The molecule has 1 N–H and O–H groups in total. The molecule has 0 radical (unpaired) electrons. The highest BCUT2D eigenvalue weighted by atomic mass is 35.5. The number of alkyl halides is 3. The number of halogens is 4. The maximum absolute atomic E-state index is 13.0. The molecule has 0 aliphatic carbocycles. The van der Waals surface area contributed by atoms with E-state index in [1.165, 1.54) is 0 Å². The lowest BCUT2D eigenvalue weighted by molar-refractivity contribution is -0.137. The fourth-order valence-electron chi connectivity index (χ4n) is 3.30. The van der Waals surface area contributed by atoms with Crippen LogP contribution in [-0.4, -0.2) is 45.4 Å². The van der Waals surface area contributed by atoms with Crippen LogP contribution in [0.15, 0.2) is 53.7 Å². The minimum Gasteiger partial charge on any atom is -0.324 e. The number of hydrogen-bond acceptors (Lipinski definition) is 5. The quantitative estimate of drug-likeness (QED) is 0.405. The summed E-state index contributed by atoms with van der Waals surface area (Å²) in [5.74, 6) is 0.138. The maximum Gasteiger partial charge on any atom is 0.416 e. The monoisotopic (exact) mass is 497 g/mol. The fourth-order valence-corrected chi connectivity index (χ4v) is 4.23. The van der Waals surface area contributed by atoms with Crippen LogP contribution in [0.4, 0.5) is 18.9 Å². The number of thioether (sulfide) groups is 1. The highest BCUT2D eigenvalue weighted by Crippen LogP contribution is 2.34. The summed E-state index contributed by atoms with van der Waals surface area (Å²) < 4.78 is 40.8. The molecular formula is C22H23ClF3N5OS. The van der Waals surface area contributed by atoms with Gasteiger partial charge in [-0.1, -0.05) is 48.5 Å². The third kappa shape index (κ3) is 6.07. The van der Waals surface area contributed by atoms with Gasteiger partial charge in [0.25, 0.3) is 0 Å². The van der Waals surface area contributed by atoms with Crippen LogP contribution in [0.2, 0.25) is 5.02 Å². The van der Waals surface area contributed by atoms with E-state index >= 15 is 0 Å². The summed E-state index contributed by atoms with van der Waals surface area (Å²) in [4.78, 5) is 14.6. The highest BCUT2D eigenvalue weighted by molar-refractivity contribution is 7.99. The van der Waals surface area contributed by atoms with Gasteiger partial charge in [-0.15, -0.1) is 10.2 Å². The van der Waals surface area contributed by atoms with Gasteiger partial charge in [-0.2, -0.15) is 13.2 Å². The number of hydrogen-bond donors (Lipinski definition) is 1. The number of nitrogens with zero attached hydrogens (tertiary/aromatic N) is 4. The Morgan fingerprint density at radius 1 is 1.18 bits per heavy atom. The molecule has 1 aromatic heterocycles. The summed E-state index contributed by atoms with van der Waals surface area (Å²) in [7, 11) is 3.91. The van der Waals surface area contributed by atoms with Gasteiger partial charge in [-0.05, 0) is 50.8 Å². The van der Waals surface area contributed by atoms with E-state index in [4.69, 9.17) is 11.6 Å². The second kappa shape index (κ2) is 10.6. The Hall–Kier alpha value is -2.56. The topological polar surface area (TPSA) is 63.1 Å². The molecule has 3 aromatic rings. The zero-order valence-electron chi connectivity index (χ0n) is 18.2. The number of rotatable bonds is 8. The van der Waals surface area contributed by atoms with Gasteiger partial charge in [0, 0.05) is 5.69 Å². The largest absolute Gasteiger partial charge is 0.416 e. The molecule has 0 aliphatic rings. The molecule has 176 valence electrons. The lowest BCUT2D eigenvalue weighted by Crippen LogP contribution is -2.23. The van der Waals surface area contributed by atoms with Gasteiger partial charge >= 0.3 is 6.18 Å². The minimum absolute atomic E-state index is 0.00444. The van der Waals surface area contributed by atoms with Crippen molar-refractivity contribution in [2.45, 2.75) is 30.7 Å². The highest BCUT2D eigenvalue weighted by Gasteiger charge is 2.31. The molecule has 3 rings (SSSR count). The van der Waals surface area contributed by atoms with Crippen LogP contribution in [0.3, 0.4) is 0 Å².